The van der Waals surface area contributed by atoms with Gasteiger partial charge in [0, 0.05) is 18.7 Å². The lowest BCUT2D eigenvalue weighted by molar-refractivity contribution is 0.457. The maximum absolute atomic E-state index is 12.2. The van der Waals surface area contributed by atoms with Gasteiger partial charge in [-0.15, -0.1) is 4.40 Å². The van der Waals surface area contributed by atoms with Crippen LogP contribution in [0, 0.1) is 12.8 Å². The molecule has 1 fully saturated rings. The van der Waals surface area contributed by atoms with E-state index in [1.165, 1.54) is 0 Å². The van der Waals surface area contributed by atoms with Crippen LogP contribution in [0.2, 0.25) is 0 Å². The van der Waals surface area contributed by atoms with Crippen LogP contribution in [0.15, 0.2) is 21.6 Å². The minimum Gasteiger partial charge on any atom is -0.326 e. The Morgan fingerprint density at radius 3 is 3.00 bits per heavy atom. The van der Waals surface area contributed by atoms with Gasteiger partial charge >= 0.3 is 0 Å². The maximum Gasteiger partial charge on any atom is 0.287 e. The minimum atomic E-state index is -3.63. The van der Waals surface area contributed by atoms with Gasteiger partial charge in [0.15, 0.2) is 5.82 Å². The largest absolute Gasteiger partial charge is 0.326 e. The van der Waals surface area contributed by atoms with E-state index in [4.69, 9.17) is 0 Å². The highest BCUT2D eigenvalue weighted by Crippen LogP contribution is 2.28. The zero-order valence-corrected chi connectivity index (χ0v) is 11.5. The molecule has 1 saturated heterocycles. The van der Waals surface area contributed by atoms with E-state index in [0.29, 0.717) is 11.7 Å². The SMILES string of the molecule is Cc1cnc2c(c1)S(=O)(=O)N=C(C1CCCNC1)N2. The number of amidine groups is 1. The van der Waals surface area contributed by atoms with Crippen molar-refractivity contribution < 1.29 is 8.42 Å². The molecule has 7 heteroatoms. The van der Waals surface area contributed by atoms with E-state index in [9.17, 15) is 8.42 Å². The van der Waals surface area contributed by atoms with Crippen LogP contribution < -0.4 is 10.6 Å². The van der Waals surface area contributed by atoms with Crippen molar-refractivity contribution in [3.05, 3.63) is 17.8 Å². The van der Waals surface area contributed by atoms with Gasteiger partial charge in [0.2, 0.25) is 0 Å². The molecule has 0 radical (unpaired) electrons. The molecule has 1 unspecified atom stereocenters. The van der Waals surface area contributed by atoms with E-state index in [2.05, 4.69) is 20.0 Å². The number of hydrogen-bond acceptors (Lipinski definition) is 5. The number of piperidine rings is 1. The zero-order valence-electron chi connectivity index (χ0n) is 10.7. The van der Waals surface area contributed by atoms with Gasteiger partial charge in [0.25, 0.3) is 10.0 Å². The molecule has 2 N–H and O–H groups in total. The molecule has 2 aliphatic rings. The number of aromatic nitrogens is 1. The van der Waals surface area contributed by atoms with E-state index >= 15 is 0 Å². The monoisotopic (exact) mass is 280 g/mol. The average molecular weight is 280 g/mol. The first-order valence-electron chi connectivity index (χ1n) is 6.35. The Morgan fingerprint density at radius 1 is 1.42 bits per heavy atom. The van der Waals surface area contributed by atoms with Crippen LogP contribution in [0.4, 0.5) is 5.82 Å². The van der Waals surface area contributed by atoms with Gasteiger partial charge in [-0.05, 0) is 37.9 Å². The number of fused-ring (bicyclic) bond motifs is 1. The van der Waals surface area contributed by atoms with Crippen molar-refractivity contribution in [3.8, 4) is 0 Å². The fourth-order valence-corrected chi connectivity index (χ4v) is 3.65. The molecule has 0 aliphatic carbocycles. The van der Waals surface area contributed by atoms with Crippen LogP contribution in [-0.4, -0.2) is 32.3 Å². The van der Waals surface area contributed by atoms with Crippen molar-refractivity contribution in [2.45, 2.75) is 24.7 Å². The number of pyridine rings is 1. The van der Waals surface area contributed by atoms with Crippen molar-refractivity contribution in [2.24, 2.45) is 10.3 Å². The number of sulfonamides is 1. The summed E-state index contributed by atoms with van der Waals surface area (Å²) in [6.45, 7) is 3.54. The van der Waals surface area contributed by atoms with Crippen molar-refractivity contribution in [3.63, 3.8) is 0 Å². The van der Waals surface area contributed by atoms with E-state index in [-0.39, 0.29) is 10.8 Å². The molecule has 2 aliphatic heterocycles. The molecule has 6 nitrogen and oxygen atoms in total. The highest BCUT2D eigenvalue weighted by Gasteiger charge is 2.30. The molecule has 3 heterocycles. The quantitative estimate of drug-likeness (QED) is 0.798. The molecule has 0 spiro atoms. The van der Waals surface area contributed by atoms with E-state index in [1.54, 1.807) is 12.3 Å². The first kappa shape index (κ1) is 12.6. The molecule has 3 rings (SSSR count). The summed E-state index contributed by atoms with van der Waals surface area (Å²) in [5.41, 5.74) is 0.808. The van der Waals surface area contributed by atoms with Gasteiger partial charge in [0.05, 0.1) is 0 Å². The van der Waals surface area contributed by atoms with Crippen LogP contribution >= 0.6 is 0 Å². The van der Waals surface area contributed by atoms with Gasteiger partial charge in [-0.2, -0.15) is 8.42 Å². The minimum absolute atomic E-state index is 0.111. The number of nitrogens with zero attached hydrogens (tertiary/aromatic N) is 2. The summed E-state index contributed by atoms with van der Waals surface area (Å²) < 4.78 is 28.3. The van der Waals surface area contributed by atoms with Crippen molar-refractivity contribution in [1.29, 1.82) is 0 Å². The smallest absolute Gasteiger partial charge is 0.287 e. The van der Waals surface area contributed by atoms with Gasteiger partial charge < -0.3 is 10.6 Å². The first-order chi connectivity index (χ1) is 9.06. The molecule has 1 atom stereocenters. The molecule has 102 valence electrons. The average Bonchev–Trinajstić information content (AvgIpc) is 2.40. The topological polar surface area (TPSA) is 83.5 Å². The third kappa shape index (κ3) is 2.35. The maximum atomic E-state index is 12.2. The van der Waals surface area contributed by atoms with Crippen molar-refractivity contribution in [1.82, 2.24) is 10.3 Å². The lowest BCUT2D eigenvalue weighted by Crippen LogP contribution is -2.39. The first-order valence-corrected chi connectivity index (χ1v) is 7.79. The molecular weight excluding hydrogens is 264 g/mol. The fourth-order valence-electron chi connectivity index (χ4n) is 2.42. The summed E-state index contributed by atoms with van der Waals surface area (Å²) in [6.07, 6.45) is 3.62. The third-order valence-electron chi connectivity index (χ3n) is 3.42. The molecule has 0 amide bonds. The lowest BCUT2D eigenvalue weighted by Gasteiger charge is -2.27. The van der Waals surface area contributed by atoms with Crippen LogP contribution in [0.3, 0.4) is 0 Å². The Morgan fingerprint density at radius 2 is 2.26 bits per heavy atom. The predicted octanol–water partition coefficient (Wildman–Crippen LogP) is 0.902. The molecule has 0 aromatic carbocycles. The molecule has 1 aromatic heterocycles. The standard InChI is InChI=1S/C12H16N4O2S/c1-8-5-10-12(14-6-8)15-11(16-19(10,17)18)9-3-2-4-13-7-9/h5-6,9,13H,2-4,7H2,1H3,(H,14,15,16). The Kier molecular flexibility index (Phi) is 3.02. The number of aryl methyl sites for hydroxylation is 1. The summed E-state index contributed by atoms with van der Waals surface area (Å²) in [6, 6.07) is 1.60. The van der Waals surface area contributed by atoms with Gasteiger partial charge in [-0.3, -0.25) is 0 Å². The Hall–Kier alpha value is -1.47. The summed E-state index contributed by atoms with van der Waals surface area (Å²) in [7, 11) is -3.63. The summed E-state index contributed by atoms with van der Waals surface area (Å²) in [5, 5.41) is 6.33. The Bertz CT molecular complexity index is 633. The van der Waals surface area contributed by atoms with E-state index in [0.717, 1.165) is 31.5 Å². The Balaban J connectivity index is 2.00. The molecular formula is C12H16N4O2S. The predicted molar refractivity (Wildman–Crippen MR) is 72.8 cm³/mol. The Labute approximate surface area is 112 Å². The second kappa shape index (κ2) is 4.57. The van der Waals surface area contributed by atoms with Crippen LogP contribution in [0.5, 0.6) is 0 Å². The normalized spacial score (nSPS) is 25.1. The second-order valence-corrected chi connectivity index (χ2v) is 6.55. The van der Waals surface area contributed by atoms with Crippen molar-refractivity contribution >= 4 is 21.7 Å². The summed E-state index contributed by atoms with van der Waals surface area (Å²) in [4.78, 5) is 4.33. The number of hydrogen-bond donors (Lipinski definition) is 2. The molecule has 0 saturated carbocycles. The summed E-state index contributed by atoms with van der Waals surface area (Å²) >= 11 is 0. The van der Waals surface area contributed by atoms with Crippen molar-refractivity contribution in [2.75, 3.05) is 18.4 Å². The number of nitrogens with one attached hydrogen (secondary N) is 2. The van der Waals surface area contributed by atoms with Crippen LogP contribution in [0.25, 0.3) is 0 Å². The van der Waals surface area contributed by atoms with Gasteiger partial charge in [-0.1, -0.05) is 0 Å². The van der Waals surface area contributed by atoms with Crippen LogP contribution in [0.1, 0.15) is 18.4 Å². The van der Waals surface area contributed by atoms with Gasteiger partial charge in [0.1, 0.15) is 10.7 Å². The molecule has 1 aromatic rings. The van der Waals surface area contributed by atoms with E-state index in [1.807, 2.05) is 6.92 Å². The highest BCUT2D eigenvalue weighted by molar-refractivity contribution is 7.90. The fraction of sp³-hybridized carbons (Fsp3) is 0.500. The molecule has 0 bridgehead atoms. The second-order valence-electron chi connectivity index (χ2n) is 4.98. The lowest BCUT2D eigenvalue weighted by atomic mass is 9.98. The van der Waals surface area contributed by atoms with Gasteiger partial charge in [-0.25, -0.2) is 4.98 Å². The third-order valence-corrected chi connectivity index (χ3v) is 4.72. The summed E-state index contributed by atoms with van der Waals surface area (Å²) in [5.74, 6) is 1.01. The van der Waals surface area contributed by atoms with Crippen LogP contribution in [-0.2, 0) is 10.0 Å². The number of anilines is 1. The zero-order chi connectivity index (χ0) is 13.5. The van der Waals surface area contributed by atoms with E-state index < -0.39 is 10.0 Å². The number of rotatable bonds is 1. The highest BCUT2D eigenvalue weighted by atomic mass is 32.2. The molecule has 19 heavy (non-hydrogen) atoms.